The number of rotatable bonds is 20. The number of esters is 2. The van der Waals surface area contributed by atoms with Crippen LogP contribution in [0.2, 0.25) is 20.1 Å². The van der Waals surface area contributed by atoms with Gasteiger partial charge in [0.2, 0.25) is 5.96 Å². The van der Waals surface area contributed by atoms with Crippen LogP contribution < -0.4 is 32.7 Å². The Balaban J connectivity index is 0.000000380. The van der Waals surface area contributed by atoms with Crippen LogP contribution in [0, 0.1) is 0 Å². The molecule has 0 aliphatic carbocycles. The molecule has 2 aromatic heterocycles. The van der Waals surface area contributed by atoms with Crippen molar-refractivity contribution in [1.29, 1.82) is 0 Å². The molecular formula is C57H68Cl4N12O12. The summed E-state index contributed by atoms with van der Waals surface area (Å²) in [7, 11) is 2.38. The molecule has 456 valence electrons. The second-order valence-electron chi connectivity index (χ2n) is 20.4. The molecule has 6 rings (SSSR count). The number of amides is 4. The fourth-order valence-electron chi connectivity index (χ4n) is 7.78. The van der Waals surface area contributed by atoms with Crippen molar-refractivity contribution in [3.05, 3.63) is 117 Å². The summed E-state index contributed by atoms with van der Waals surface area (Å²) in [6, 6.07) is 17.3. The summed E-state index contributed by atoms with van der Waals surface area (Å²) in [4.78, 5) is 118. The maximum atomic E-state index is 12.9. The number of hydrogen-bond donors (Lipinski definition) is 6. The number of aryl methyl sites for hydroxylation is 2. The minimum atomic E-state index is -1.11. The van der Waals surface area contributed by atoms with Crippen LogP contribution in [0.25, 0.3) is 22.1 Å². The largest absolute Gasteiger partial charge is 0.467 e. The Morgan fingerprint density at radius 1 is 0.565 bits per heavy atom. The molecule has 4 aromatic carbocycles. The van der Waals surface area contributed by atoms with Crippen LogP contribution in [0.3, 0.4) is 0 Å². The lowest BCUT2D eigenvalue weighted by molar-refractivity contribution is -0.144. The third-order valence-corrected chi connectivity index (χ3v) is 12.9. The summed E-state index contributed by atoms with van der Waals surface area (Å²) >= 11 is 24.4. The van der Waals surface area contributed by atoms with E-state index in [9.17, 15) is 38.4 Å². The standard InChI is InChI=1S/C33H40Cl2N6O8.C23H24Cl2N6O4.CH4/c1-32(2,3)48-30(45)39-29(40-31(46)49-33(4,5)6)37-19-11-13-23-25(17-19)41(18-36-23)16-15-20(42)12-14-24(28(44)47-7)38-27(43)26-21(34)9-8-10-22(26)35;1-35-22(34)18(30-21(33)20-15(24)3-2-4-16(20)25)8-6-14(32)9-10-31-12-28-17-7-5-13(11-19(17)31)29-23(26)27;/h8-11,13,17-18,24H,12,14-16H2,1-7H3,(H,38,43)(H2,37,39,40,45,46);2-5,7,11-12,18H,6,8-10H2,1H3,(H,30,33)(H4,26,27,29);1H4/t24-;18-;/m00./s1. The number of nitrogens with one attached hydrogen (secondary N) is 4. The number of guanidine groups is 2. The summed E-state index contributed by atoms with van der Waals surface area (Å²) in [6.07, 6.45) is 1.84. The van der Waals surface area contributed by atoms with Crippen molar-refractivity contribution in [2.24, 2.45) is 21.5 Å². The molecule has 2 atom stereocenters. The number of imidazole rings is 2. The van der Waals surface area contributed by atoms with Crippen LogP contribution in [-0.2, 0) is 51.2 Å². The minimum Gasteiger partial charge on any atom is -0.467 e. The maximum Gasteiger partial charge on any atom is 0.414 e. The molecule has 0 aliphatic rings. The summed E-state index contributed by atoms with van der Waals surface area (Å²) in [5.74, 6) is -3.28. The number of carbonyl (C=O) groups is 8. The third-order valence-electron chi connectivity index (χ3n) is 11.6. The van der Waals surface area contributed by atoms with E-state index in [1.807, 2.05) is 4.57 Å². The van der Waals surface area contributed by atoms with Gasteiger partial charge in [-0.3, -0.25) is 29.8 Å². The molecular weight excluding hydrogens is 1190 g/mol. The molecule has 28 heteroatoms. The molecule has 0 saturated carbocycles. The molecule has 8 N–H and O–H groups in total. The van der Waals surface area contributed by atoms with Gasteiger partial charge >= 0.3 is 24.1 Å². The second-order valence-corrected chi connectivity index (χ2v) is 22.0. The van der Waals surface area contributed by atoms with E-state index in [-0.39, 0.29) is 107 Å². The SMILES string of the molecule is C.COC(=O)[C@H](CCC(=O)CCn1cnc2ccc(N=C(N)N)cc21)NC(=O)c1c(Cl)cccc1Cl.COC(=O)[C@H](CCC(=O)CCn1cnc2ccc(N=C(NC(=O)OC(C)(C)C)NC(=O)OC(C)(C)C)cc21)NC(=O)c1c(Cl)cccc1Cl. The normalized spacial score (nSPS) is 11.7. The first-order valence-corrected chi connectivity index (χ1v) is 27.3. The number of alkyl carbamates (subject to hydrolysis) is 2. The highest BCUT2D eigenvalue weighted by atomic mass is 35.5. The van der Waals surface area contributed by atoms with Crippen molar-refractivity contribution in [1.82, 2.24) is 40.4 Å². The van der Waals surface area contributed by atoms with E-state index in [0.29, 0.717) is 29.0 Å². The van der Waals surface area contributed by atoms with Crippen LogP contribution in [0.4, 0.5) is 21.0 Å². The van der Waals surface area contributed by atoms with Crippen molar-refractivity contribution >= 4 is 139 Å². The predicted octanol–water partition coefficient (Wildman–Crippen LogP) is 9.69. The highest BCUT2D eigenvalue weighted by molar-refractivity contribution is 6.40. The lowest BCUT2D eigenvalue weighted by atomic mass is 10.1. The Bertz CT molecular complexity index is 3400. The van der Waals surface area contributed by atoms with Gasteiger partial charge in [0.25, 0.3) is 11.8 Å². The molecule has 0 saturated heterocycles. The van der Waals surface area contributed by atoms with Crippen LogP contribution in [0.15, 0.2) is 95.4 Å². The van der Waals surface area contributed by atoms with Crippen LogP contribution >= 0.6 is 46.4 Å². The number of ether oxygens (including phenoxy) is 4. The first-order chi connectivity index (χ1) is 39.5. The summed E-state index contributed by atoms with van der Waals surface area (Å²) in [5, 5.41) is 10.5. The molecule has 0 unspecified atom stereocenters. The Morgan fingerprint density at radius 2 is 0.929 bits per heavy atom. The number of ketones is 2. The van der Waals surface area contributed by atoms with Crippen molar-refractivity contribution in [2.75, 3.05) is 14.2 Å². The van der Waals surface area contributed by atoms with E-state index in [4.69, 9.17) is 76.8 Å². The number of methoxy groups -OCH3 is 2. The van der Waals surface area contributed by atoms with Gasteiger partial charge in [0.1, 0.15) is 34.9 Å². The molecule has 6 aromatic rings. The van der Waals surface area contributed by atoms with Gasteiger partial charge in [-0.05, 0) is 115 Å². The van der Waals surface area contributed by atoms with Crippen molar-refractivity contribution < 1.29 is 57.3 Å². The van der Waals surface area contributed by atoms with Crippen molar-refractivity contribution in [3.63, 3.8) is 0 Å². The van der Waals surface area contributed by atoms with Gasteiger partial charge in [0.15, 0.2) is 5.96 Å². The number of Topliss-reactive ketones (excluding diaryl/α,β-unsaturated/α-hetero) is 2. The zero-order valence-corrected chi connectivity index (χ0v) is 50.2. The number of nitrogens with zero attached hydrogens (tertiary/aromatic N) is 6. The van der Waals surface area contributed by atoms with E-state index >= 15 is 0 Å². The van der Waals surface area contributed by atoms with Crippen LogP contribution in [0.1, 0.15) is 108 Å². The molecule has 0 aliphatic heterocycles. The molecule has 0 spiro atoms. The zero-order chi connectivity index (χ0) is 62.1. The van der Waals surface area contributed by atoms with Gasteiger partial charge in [0, 0.05) is 38.8 Å². The zero-order valence-electron chi connectivity index (χ0n) is 47.1. The number of carbonyl (C=O) groups excluding carboxylic acids is 8. The second kappa shape index (κ2) is 31.5. The molecule has 0 bridgehead atoms. The first kappa shape index (κ1) is 69.2. The van der Waals surface area contributed by atoms with Gasteiger partial charge in [-0.15, -0.1) is 0 Å². The van der Waals surface area contributed by atoms with Crippen LogP contribution in [-0.4, -0.2) is 116 Å². The van der Waals surface area contributed by atoms with E-state index in [1.54, 1.807) is 107 Å². The number of nitrogens with two attached hydrogens (primary N) is 2. The van der Waals surface area contributed by atoms with Gasteiger partial charge < -0.3 is 50.2 Å². The highest BCUT2D eigenvalue weighted by Crippen LogP contribution is 2.27. The van der Waals surface area contributed by atoms with Gasteiger partial charge in [0.05, 0.1) is 91.5 Å². The summed E-state index contributed by atoms with van der Waals surface area (Å²) in [5.41, 5.74) is 13.0. The average molecular weight is 1260 g/mol. The Labute approximate surface area is 510 Å². The molecule has 4 amide bonds. The van der Waals surface area contributed by atoms with Gasteiger partial charge in [-0.2, -0.15) is 0 Å². The van der Waals surface area contributed by atoms with Gasteiger partial charge in [-0.25, -0.2) is 39.1 Å². The molecule has 24 nitrogen and oxygen atoms in total. The van der Waals surface area contributed by atoms with E-state index < -0.39 is 59.2 Å². The number of hydrogen-bond acceptors (Lipinski definition) is 16. The lowest BCUT2D eigenvalue weighted by Gasteiger charge is -2.22. The maximum absolute atomic E-state index is 12.9. The molecule has 2 heterocycles. The Kier molecular flexibility index (Phi) is 25.7. The van der Waals surface area contributed by atoms with Crippen molar-refractivity contribution in [3.8, 4) is 0 Å². The number of halogens is 4. The molecule has 85 heavy (non-hydrogen) atoms. The number of aromatic nitrogens is 4. The first-order valence-electron chi connectivity index (χ1n) is 25.8. The lowest BCUT2D eigenvalue weighted by Crippen LogP contribution is -2.47. The highest BCUT2D eigenvalue weighted by Gasteiger charge is 2.28. The fourth-order valence-corrected chi connectivity index (χ4v) is 8.91. The number of fused-ring (bicyclic) bond motifs is 2. The van der Waals surface area contributed by atoms with Crippen LogP contribution in [0.5, 0.6) is 0 Å². The molecule has 0 radical (unpaired) electrons. The molecule has 0 fully saturated rings. The average Bonchev–Trinajstić information content (AvgIpc) is 4.28. The van der Waals surface area contributed by atoms with Gasteiger partial charge in [-0.1, -0.05) is 66.0 Å². The topological polar surface area (TPSA) is 334 Å². The Morgan fingerprint density at radius 3 is 1.27 bits per heavy atom. The number of aliphatic imine (C=N–C) groups is 2. The number of benzene rings is 4. The summed E-state index contributed by atoms with van der Waals surface area (Å²) in [6.45, 7) is 10.8. The summed E-state index contributed by atoms with van der Waals surface area (Å²) < 4.78 is 23.7. The minimum absolute atomic E-state index is 0. The predicted molar refractivity (Wildman–Crippen MR) is 325 cm³/mol. The van der Waals surface area contributed by atoms with E-state index in [2.05, 4.69) is 41.2 Å². The fraction of sp³-hybridized carbons (Fsp3) is 0.368. The van der Waals surface area contributed by atoms with E-state index in [0.717, 1.165) is 11.0 Å². The monoisotopic (exact) mass is 1250 g/mol. The van der Waals surface area contributed by atoms with E-state index in [1.165, 1.54) is 38.5 Å². The van der Waals surface area contributed by atoms with Crippen molar-refractivity contribution in [2.45, 2.75) is 124 Å². The Hall–Kier alpha value is -8.32. The smallest absolute Gasteiger partial charge is 0.414 e. The quantitative estimate of drug-likeness (QED) is 0.0179. The third kappa shape index (κ3) is 21.7.